The summed E-state index contributed by atoms with van der Waals surface area (Å²) >= 11 is 6.09. The molecule has 0 unspecified atom stereocenters. The highest BCUT2D eigenvalue weighted by Gasteiger charge is 2.16. The molecule has 0 saturated carbocycles. The number of hydrogen-bond donors (Lipinski definition) is 1. The average Bonchev–Trinajstić information content (AvgIpc) is 3.03. The van der Waals surface area contributed by atoms with E-state index < -0.39 is 11.6 Å². The number of benzene rings is 2. The smallest absolute Gasteiger partial charge is 0.351 e. The molecule has 0 bridgehead atoms. The van der Waals surface area contributed by atoms with Crippen molar-refractivity contribution in [3.05, 3.63) is 81.5 Å². The van der Waals surface area contributed by atoms with Crippen molar-refractivity contribution in [2.75, 3.05) is 5.32 Å². The third-order valence-corrected chi connectivity index (χ3v) is 4.86. The van der Waals surface area contributed by atoms with Crippen LogP contribution < -0.4 is 15.7 Å². The fraction of sp³-hybridized carbons (Fsp3) is 0.143. The lowest BCUT2D eigenvalue weighted by atomic mass is 10.2. The summed E-state index contributed by atoms with van der Waals surface area (Å²) in [6.07, 6.45) is 2.92. The largest absolute Gasteiger partial charge is 0.436 e. The second-order valence-corrected chi connectivity index (χ2v) is 7.20. The van der Waals surface area contributed by atoms with Crippen LogP contribution in [0.1, 0.15) is 11.1 Å². The third-order valence-electron chi connectivity index (χ3n) is 4.45. The molecule has 0 atom stereocenters. The molecule has 0 spiro atoms. The summed E-state index contributed by atoms with van der Waals surface area (Å²) in [5.41, 5.74) is 2.28. The first-order valence-corrected chi connectivity index (χ1v) is 9.53. The van der Waals surface area contributed by atoms with Gasteiger partial charge < -0.3 is 10.1 Å². The van der Waals surface area contributed by atoms with Gasteiger partial charge in [-0.25, -0.2) is 18.9 Å². The Bertz CT molecular complexity index is 1290. The maximum atomic E-state index is 12.6. The molecular weight excluding hydrogens is 406 g/mol. The molecule has 0 aliphatic rings. The monoisotopic (exact) mass is 423 g/mol. The Hall–Kier alpha value is -3.65. The molecule has 0 fully saturated rings. The quantitative estimate of drug-likeness (QED) is 0.529. The van der Waals surface area contributed by atoms with E-state index in [2.05, 4.69) is 15.4 Å². The van der Waals surface area contributed by atoms with Crippen molar-refractivity contribution in [1.82, 2.24) is 19.2 Å². The van der Waals surface area contributed by atoms with Crippen LogP contribution in [0.5, 0.6) is 11.6 Å². The lowest BCUT2D eigenvalue weighted by Gasteiger charge is -2.06. The molecule has 30 heavy (non-hydrogen) atoms. The van der Waals surface area contributed by atoms with Gasteiger partial charge in [0.05, 0.1) is 0 Å². The minimum Gasteiger partial charge on any atom is -0.436 e. The van der Waals surface area contributed by atoms with Gasteiger partial charge in [0.2, 0.25) is 11.6 Å². The van der Waals surface area contributed by atoms with Crippen molar-refractivity contribution in [2.45, 2.75) is 20.4 Å². The maximum Gasteiger partial charge on any atom is 0.351 e. The molecule has 8 nitrogen and oxygen atoms in total. The Balaban J connectivity index is 1.58. The van der Waals surface area contributed by atoms with Crippen LogP contribution in [-0.4, -0.2) is 25.1 Å². The van der Waals surface area contributed by atoms with Gasteiger partial charge in [-0.15, -0.1) is 5.10 Å². The van der Waals surface area contributed by atoms with Crippen molar-refractivity contribution in [3.63, 3.8) is 0 Å². The van der Waals surface area contributed by atoms with E-state index in [0.717, 1.165) is 15.8 Å². The Morgan fingerprint density at radius 2 is 1.93 bits per heavy atom. The van der Waals surface area contributed by atoms with Crippen LogP contribution in [0.25, 0.3) is 5.65 Å². The van der Waals surface area contributed by atoms with Gasteiger partial charge in [0.1, 0.15) is 12.3 Å². The maximum absolute atomic E-state index is 12.6. The number of aryl methyl sites for hydroxylation is 2. The number of rotatable bonds is 5. The zero-order valence-electron chi connectivity index (χ0n) is 16.3. The molecular formula is C21H18ClN5O3. The van der Waals surface area contributed by atoms with Gasteiger partial charge in [-0.1, -0.05) is 35.4 Å². The predicted octanol–water partition coefficient (Wildman–Crippen LogP) is 3.59. The second kappa shape index (κ2) is 8.00. The molecule has 0 aliphatic carbocycles. The first-order chi connectivity index (χ1) is 14.4. The number of ether oxygens (including phenoxy) is 1. The first kappa shape index (κ1) is 19.7. The lowest BCUT2D eigenvalue weighted by molar-refractivity contribution is -0.117. The fourth-order valence-corrected chi connectivity index (χ4v) is 3.01. The minimum absolute atomic E-state index is 0.169. The van der Waals surface area contributed by atoms with E-state index in [1.807, 2.05) is 26.0 Å². The summed E-state index contributed by atoms with van der Waals surface area (Å²) in [6.45, 7) is 3.57. The summed E-state index contributed by atoms with van der Waals surface area (Å²) in [5.74, 6) is 0.328. The van der Waals surface area contributed by atoms with Crippen LogP contribution in [0.3, 0.4) is 0 Å². The molecule has 0 saturated heterocycles. The van der Waals surface area contributed by atoms with Crippen molar-refractivity contribution in [1.29, 1.82) is 0 Å². The van der Waals surface area contributed by atoms with Crippen molar-refractivity contribution >= 4 is 28.8 Å². The van der Waals surface area contributed by atoms with Gasteiger partial charge in [-0.05, 0) is 43.7 Å². The number of fused-ring (bicyclic) bond motifs is 1. The zero-order valence-corrected chi connectivity index (χ0v) is 17.1. The normalized spacial score (nSPS) is 10.9. The number of anilines is 1. The minimum atomic E-state index is -0.474. The Labute approximate surface area is 176 Å². The number of nitrogens with zero attached hydrogens (tertiary/aromatic N) is 4. The van der Waals surface area contributed by atoms with Gasteiger partial charge in [0, 0.05) is 23.1 Å². The van der Waals surface area contributed by atoms with Gasteiger partial charge in [-0.3, -0.25) is 4.79 Å². The molecule has 9 heteroatoms. The van der Waals surface area contributed by atoms with Gasteiger partial charge >= 0.3 is 5.69 Å². The van der Waals surface area contributed by atoms with Crippen LogP contribution in [0.2, 0.25) is 5.02 Å². The van der Waals surface area contributed by atoms with Crippen LogP contribution in [0.4, 0.5) is 5.69 Å². The number of halogens is 1. The summed E-state index contributed by atoms with van der Waals surface area (Å²) in [7, 11) is 0. The number of carbonyl (C=O) groups excluding carboxylic acids is 1. The number of amides is 1. The molecule has 2 aromatic heterocycles. The van der Waals surface area contributed by atoms with E-state index in [4.69, 9.17) is 16.3 Å². The fourth-order valence-electron chi connectivity index (χ4n) is 2.83. The zero-order chi connectivity index (χ0) is 21.3. The number of carbonyl (C=O) groups is 1. The molecule has 2 aromatic carbocycles. The van der Waals surface area contributed by atoms with E-state index in [1.165, 1.54) is 16.8 Å². The molecule has 1 amide bonds. The van der Waals surface area contributed by atoms with E-state index in [0.29, 0.717) is 16.5 Å². The third kappa shape index (κ3) is 4.04. The van der Waals surface area contributed by atoms with E-state index in [9.17, 15) is 9.59 Å². The van der Waals surface area contributed by atoms with Gasteiger partial charge in [-0.2, -0.15) is 0 Å². The lowest BCUT2D eigenvalue weighted by Crippen LogP contribution is -2.28. The average molecular weight is 424 g/mol. The second-order valence-electron chi connectivity index (χ2n) is 6.79. The van der Waals surface area contributed by atoms with Gasteiger partial charge in [0.15, 0.2) is 0 Å². The van der Waals surface area contributed by atoms with Crippen molar-refractivity contribution in [3.8, 4) is 11.6 Å². The van der Waals surface area contributed by atoms with Crippen LogP contribution in [0, 0.1) is 13.8 Å². The van der Waals surface area contributed by atoms with Crippen LogP contribution in [-0.2, 0) is 11.3 Å². The Morgan fingerprint density at radius 1 is 1.17 bits per heavy atom. The number of hydrogen-bond acceptors (Lipinski definition) is 5. The van der Waals surface area contributed by atoms with E-state index in [-0.39, 0.29) is 18.1 Å². The molecule has 4 aromatic rings. The molecule has 0 radical (unpaired) electrons. The predicted molar refractivity (Wildman–Crippen MR) is 113 cm³/mol. The molecule has 2 heterocycles. The topological polar surface area (TPSA) is 90.5 Å². The Morgan fingerprint density at radius 3 is 2.67 bits per heavy atom. The summed E-state index contributed by atoms with van der Waals surface area (Å²) in [4.78, 5) is 29.2. The highest BCUT2D eigenvalue weighted by Crippen LogP contribution is 2.22. The number of nitrogens with one attached hydrogen (secondary N) is 1. The molecule has 4 rings (SSSR count). The molecule has 152 valence electrons. The summed E-state index contributed by atoms with van der Waals surface area (Å²) in [5, 5.41) is 7.49. The SMILES string of the molecule is Cc1ccc(Oc2nccn3c(=O)n(CC(=O)Nc4ccc(C)c(Cl)c4)nc23)cc1. The van der Waals surface area contributed by atoms with Crippen molar-refractivity contribution in [2.24, 2.45) is 0 Å². The highest BCUT2D eigenvalue weighted by molar-refractivity contribution is 6.31. The van der Waals surface area contributed by atoms with Crippen LogP contribution >= 0.6 is 11.6 Å². The Kier molecular flexibility index (Phi) is 5.24. The highest BCUT2D eigenvalue weighted by atomic mass is 35.5. The molecule has 1 N–H and O–H groups in total. The van der Waals surface area contributed by atoms with E-state index >= 15 is 0 Å². The number of aromatic nitrogens is 4. The van der Waals surface area contributed by atoms with Crippen LogP contribution in [0.15, 0.2) is 59.7 Å². The molecule has 0 aliphatic heterocycles. The summed E-state index contributed by atoms with van der Waals surface area (Å²) in [6, 6.07) is 12.6. The van der Waals surface area contributed by atoms with E-state index in [1.54, 1.807) is 30.3 Å². The first-order valence-electron chi connectivity index (χ1n) is 9.15. The van der Waals surface area contributed by atoms with Crippen molar-refractivity contribution < 1.29 is 9.53 Å². The summed E-state index contributed by atoms with van der Waals surface area (Å²) < 4.78 is 8.12. The standard InChI is InChI=1S/C21H18ClN5O3/c1-13-3-7-16(8-4-13)30-20-19-25-27(21(29)26(19)10-9-23-20)12-18(28)24-15-6-5-14(2)17(22)11-15/h3-11H,12H2,1-2H3,(H,24,28). The van der Waals surface area contributed by atoms with Gasteiger partial charge in [0.25, 0.3) is 5.88 Å².